The van der Waals surface area contributed by atoms with Crippen molar-refractivity contribution in [2.45, 2.75) is 37.1 Å². The molecule has 1 heterocycles. The zero-order chi connectivity index (χ0) is 12.6. The van der Waals surface area contributed by atoms with E-state index in [1.54, 1.807) is 0 Å². The van der Waals surface area contributed by atoms with Crippen LogP contribution < -0.4 is 5.73 Å². The van der Waals surface area contributed by atoms with Crippen molar-refractivity contribution in [3.8, 4) is 0 Å². The fourth-order valence-corrected chi connectivity index (χ4v) is 3.44. The number of likely N-dealkylation sites (tertiary alicyclic amines) is 1. The molecule has 0 radical (unpaired) electrons. The van der Waals surface area contributed by atoms with Crippen molar-refractivity contribution in [2.75, 3.05) is 19.6 Å². The van der Waals surface area contributed by atoms with Crippen molar-refractivity contribution in [1.82, 2.24) is 4.90 Å². The lowest BCUT2D eigenvalue weighted by atomic mass is 9.73. The van der Waals surface area contributed by atoms with Gasteiger partial charge in [-0.05, 0) is 56.5 Å². The van der Waals surface area contributed by atoms with Gasteiger partial charge in [-0.3, -0.25) is 0 Å². The van der Waals surface area contributed by atoms with Crippen LogP contribution in [0.1, 0.15) is 31.2 Å². The molecule has 2 fully saturated rings. The molecule has 18 heavy (non-hydrogen) atoms. The first kappa shape index (κ1) is 12.6. The Hall–Kier alpha value is -0.380. The van der Waals surface area contributed by atoms with E-state index in [-0.39, 0.29) is 5.41 Å². The molecular weight excluding hydrogens is 288 g/mol. The second-order valence-electron chi connectivity index (χ2n) is 5.76. The summed E-state index contributed by atoms with van der Waals surface area (Å²) in [6.45, 7) is 3.21. The van der Waals surface area contributed by atoms with Crippen LogP contribution in [-0.2, 0) is 5.41 Å². The molecule has 2 aliphatic rings. The van der Waals surface area contributed by atoms with Crippen molar-refractivity contribution >= 4 is 15.9 Å². The predicted octanol–water partition coefficient (Wildman–Crippen LogP) is 2.90. The third-order valence-corrected chi connectivity index (χ3v) is 5.19. The van der Waals surface area contributed by atoms with Crippen LogP contribution in [-0.4, -0.2) is 30.6 Å². The number of rotatable bonds is 3. The summed E-state index contributed by atoms with van der Waals surface area (Å²) in [7, 11) is 0. The zero-order valence-electron chi connectivity index (χ0n) is 10.7. The Morgan fingerprint density at radius 2 is 1.78 bits per heavy atom. The Balaban J connectivity index is 1.76. The van der Waals surface area contributed by atoms with Crippen molar-refractivity contribution in [1.29, 1.82) is 0 Å². The fourth-order valence-electron chi connectivity index (χ4n) is 3.17. The van der Waals surface area contributed by atoms with E-state index in [0.717, 1.165) is 17.1 Å². The molecule has 0 amide bonds. The summed E-state index contributed by atoms with van der Waals surface area (Å²) in [5.41, 5.74) is 7.75. The smallest absolute Gasteiger partial charge is 0.0175 e. The maximum absolute atomic E-state index is 6.12. The van der Waals surface area contributed by atoms with Crippen LogP contribution >= 0.6 is 15.9 Å². The van der Waals surface area contributed by atoms with E-state index in [1.807, 2.05) is 0 Å². The highest BCUT2D eigenvalue weighted by molar-refractivity contribution is 9.10. The molecular formula is C15H21BrN2. The SMILES string of the molecule is NCC1(c2ccc(Br)cc2)CCN(C2CC2)CC1. The molecule has 3 heteroatoms. The average Bonchev–Trinajstić information content (AvgIpc) is 3.24. The molecule has 3 rings (SSSR count). The van der Waals surface area contributed by atoms with Gasteiger partial charge < -0.3 is 10.6 Å². The van der Waals surface area contributed by atoms with Crippen LogP contribution in [0.4, 0.5) is 0 Å². The lowest BCUT2D eigenvalue weighted by Gasteiger charge is -2.42. The molecule has 0 aromatic heterocycles. The number of hydrogen-bond acceptors (Lipinski definition) is 2. The molecule has 98 valence electrons. The van der Waals surface area contributed by atoms with Gasteiger partial charge in [0.2, 0.25) is 0 Å². The van der Waals surface area contributed by atoms with Crippen LogP contribution in [0.2, 0.25) is 0 Å². The van der Waals surface area contributed by atoms with Gasteiger partial charge in [0.15, 0.2) is 0 Å². The molecule has 1 aromatic rings. The van der Waals surface area contributed by atoms with Gasteiger partial charge >= 0.3 is 0 Å². The van der Waals surface area contributed by atoms with Gasteiger partial charge in [-0.1, -0.05) is 28.1 Å². The molecule has 1 aliphatic heterocycles. The minimum Gasteiger partial charge on any atom is -0.330 e. The molecule has 2 N–H and O–H groups in total. The lowest BCUT2D eigenvalue weighted by Crippen LogP contribution is -2.47. The number of nitrogens with two attached hydrogens (primary N) is 1. The van der Waals surface area contributed by atoms with E-state index < -0.39 is 0 Å². The van der Waals surface area contributed by atoms with Crippen LogP contribution in [0.5, 0.6) is 0 Å². The Morgan fingerprint density at radius 3 is 2.28 bits per heavy atom. The van der Waals surface area contributed by atoms with Crippen molar-refractivity contribution in [2.24, 2.45) is 5.73 Å². The third kappa shape index (κ3) is 2.36. The Bertz CT molecular complexity index is 403. The molecule has 2 nitrogen and oxygen atoms in total. The second kappa shape index (κ2) is 4.95. The summed E-state index contributed by atoms with van der Waals surface area (Å²) in [6.07, 6.45) is 5.24. The summed E-state index contributed by atoms with van der Waals surface area (Å²) in [5.74, 6) is 0. The summed E-state index contributed by atoms with van der Waals surface area (Å²) in [5, 5.41) is 0. The molecule has 1 aromatic carbocycles. The Labute approximate surface area is 118 Å². The Morgan fingerprint density at radius 1 is 1.17 bits per heavy atom. The fraction of sp³-hybridized carbons (Fsp3) is 0.600. The van der Waals surface area contributed by atoms with E-state index in [9.17, 15) is 0 Å². The average molecular weight is 309 g/mol. The van der Waals surface area contributed by atoms with Crippen LogP contribution in [0.3, 0.4) is 0 Å². The van der Waals surface area contributed by atoms with E-state index >= 15 is 0 Å². The van der Waals surface area contributed by atoms with E-state index in [0.29, 0.717) is 0 Å². The normalized spacial score (nSPS) is 24.1. The molecule has 1 saturated heterocycles. The standard InChI is InChI=1S/C15H21BrN2/c16-13-3-1-12(2-4-13)15(11-17)7-9-18(10-8-15)14-5-6-14/h1-4,14H,5-11,17H2. The second-order valence-corrected chi connectivity index (χ2v) is 6.67. The summed E-state index contributed by atoms with van der Waals surface area (Å²) in [6, 6.07) is 9.65. The quantitative estimate of drug-likeness (QED) is 0.930. The highest BCUT2D eigenvalue weighted by Crippen LogP contribution is 2.38. The van der Waals surface area contributed by atoms with Gasteiger partial charge in [0.05, 0.1) is 0 Å². The maximum atomic E-state index is 6.12. The molecule has 0 atom stereocenters. The number of halogens is 1. The molecule has 0 unspecified atom stereocenters. The first-order valence-electron chi connectivity index (χ1n) is 6.94. The highest BCUT2D eigenvalue weighted by Gasteiger charge is 2.39. The molecule has 1 aliphatic carbocycles. The van der Waals surface area contributed by atoms with E-state index in [1.165, 1.54) is 44.3 Å². The topological polar surface area (TPSA) is 29.3 Å². The van der Waals surface area contributed by atoms with Gasteiger partial charge in [-0.25, -0.2) is 0 Å². The van der Waals surface area contributed by atoms with Gasteiger partial charge in [-0.2, -0.15) is 0 Å². The van der Waals surface area contributed by atoms with Crippen LogP contribution in [0.15, 0.2) is 28.7 Å². The van der Waals surface area contributed by atoms with Crippen molar-refractivity contribution < 1.29 is 0 Å². The summed E-state index contributed by atoms with van der Waals surface area (Å²) in [4.78, 5) is 2.66. The van der Waals surface area contributed by atoms with Gasteiger partial charge in [-0.15, -0.1) is 0 Å². The predicted molar refractivity (Wildman–Crippen MR) is 78.7 cm³/mol. The van der Waals surface area contributed by atoms with Gasteiger partial charge in [0.1, 0.15) is 0 Å². The number of hydrogen-bond donors (Lipinski definition) is 1. The molecule has 0 spiro atoms. The minimum absolute atomic E-state index is 0.214. The summed E-state index contributed by atoms with van der Waals surface area (Å²) >= 11 is 3.51. The number of piperidine rings is 1. The number of nitrogens with zero attached hydrogens (tertiary/aromatic N) is 1. The molecule has 1 saturated carbocycles. The maximum Gasteiger partial charge on any atom is 0.0175 e. The third-order valence-electron chi connectivity index (χ3n) is 4.67. The lowest BCUT2D eigenvalue weighted by molar-refractivity contribution is 0.155. The van der Waals surface area contributed by atoms with Crippen LogP contribution in [0, 0.1) is 0 Å². The Kier molecular flexibility index (Phi) is 3.48. The first-order valence-corrected chi connectivity index (χ1v) is 7.73. The first-order chi connectivity index (χ1) is 8.73. The van der Waals surface area contributed by atoms with Crippen molar-refractivity contribution in [3.63, 3.8) is 0 Å². The highest BCUT2D eigenvalue weighted by atomic mass is 79.9. The van der Waals surface area contributed by atoms with E-state index in [2.05, 4.69) is 45.1 Å². The largest absolute Gasteiger partial charge is 0.330 e. The summed E-state index contributed by atoms with van der Waals surface area (Å²) < 4.78 is 1.15. The zero-order valence-corrected chi connectivity index (χ0v) is 12.3. The van der Waals surface area contributed by atoms with E-state index in [4.69, 9.17) is 5.73 Å². The van der Waals surface area contributed by atoms with Crippen molar-refractivity contribution in [3.05, 3.63) is 34.3 Å². The number of benzene rings is 1. The van der Waals surface area contributed by atoms with Gasteiger partial charge in [0, 0.05) is 22.5 Å². The van der Waals surface area contributed by atoms with Crippen LogP contribution in [0.25, 0.3) is 0 Å². The minimum atomic E-state index is 0.214. The monoisotopic (exact) mass is 308 g/mol. The molecule has 0 bridgehead atoms. The van der Waals surface area contributed by atoms with Gasteiger partial charge in [0.25, 0.3) is 0 Å².